The molecule has 2 heterocycles. The van der Waals surface area contributed by atoms with Crippen LogP contribution in [0.5, 0.6) is 6.01 Å². The van der Waals surface area contributed by atoms with Gasteiger partial charge in [0.1, 0.15) is 18.3 Å². The zero-order valence-electron chi connectivity index (χ0n) is 12.1. The van der Waals surface area contributed by atoms with Gasteiger partial charge in [0.15, 0.2) is 12.4 Å². The first-order valence-corrected chi connectivity index (χ1v) is 6.60. The molecule has 3 N–H and O–H groups in total. The SMILES string of the molecule is CO[C@H]1O[C@H](CO)[C@@H](O)[C@H](O)[C@H]1Oc1nc(C)cc(C)n1. The summed E-state index contributed by atoms with van der Waals surface area (Å²) in [6.45, 7) is 3.14. The standard InChI is InChI=1S/C13H20N2O6/c1-6-4-7(2)15-13(14-6)21-11-10(18)9(17)8(5-16)20-12(11)19-3/h4,8-12,16-18H,5H2,1-3H3/t8-,9-,10+,11-,12+/m1/s1. The lowest BCUT2D eigenvalue weighted by Crippen LogP contribution is -2.61. The van der Waals surface area contributed by atoms with Crippen LogP contribution in [0.15, 0.2) is 6.07 Å². The van der Waals surface area contributed by atoms with Crippen molar-refractivity contribution >= 4 is 0 Å². The number of aliphatic hydroxyl groups is 3. The van der Waals surface area contributed by atoms with Crippen LogP contribution in [-0.4, -0.2) is 69.7 Å². The van der Waals surface area contributed by atoms with Gasteiger partial charge in [-0.3, -0.25) is 0 Å². The summed E-state index contributed by atoms with van der Waals surface area (Å²) in [5, 5.41) is 29.2. The minimum Gasteiger partial charge on any atom is -0.452 e. The zero-order chi connectivity index (χ0) is 15.6. The number of hydrogen-bond acceptors (Lipinski definition) is 8. The molecule has 1 aromatic heterocycles. The van der Waals surface area contributed by atoms with Gasteiger partial charge >= 0.3 is 6.01 Å². The lowest BCUT2D eigenvalue weighted by Gasteiger charge is -2.40. The molecule has 0 radical (unpaired) electrons. The minimum absolute atomic E-state index is 0.0665. The fraction of sp³-hybridized carbons (Fsp3) is 0.692. The molecule has 21 heavy (non-hydrogen) atoms. The maximum absolute atomic E-state index is 10.1. The highest BCUT2D eigenvalue weighted by Crippen LogP contribution is 2.24. The smallest absolute Gasteiger partial charge is 0.317 e. The number of aromatic nitrogens is 2. The molecule has 0 unspecified atom stereocenters. The summed E-state index contributed by atoms with van der Waals surface area (Å²) < 4.78 is 16.0. The van der Waals surface area contributed by atoms with Crippen LogP contribution in [0.1, 0.15) is 11.4 Å². The summed E-state index contributed by atoms with van der Waals surface area (Å²) in [5.41, 5.74) is 1.43. The number of rotatable bonds is 4. The number of methoxy groups -OCH3 is 1. The van der Waals surface area contributed by atoms with Crippen LogP contribution in [0, 0.1) is 13.8 Å². The molecular weight excluding hydrogens is 280 g/mol. The van der Waals surface area contributed by atoms with Gasteiger partial charge in [0.25, 0.3) is 0 Å². The Bertz CT molecular complexity index is 463. The van der Waals surface area contributed by atoms with E-state index in [0.29, 0.717) is 11.4 Å². The second-order valence-corrected chi connectivity index (χ2v) is 4.96. The lowest BCUT2D eigenvalue weighted by atomic mass is 9.99. The predicted octanol–water partition coefficient (Wildman–Crippen LogP) is -1.07. The molecular formula is C13H20N2O6. The van der Waals surface area contributed by atoms with E-state index in [-0.39, 0.29) is 6.01 Å². The third-order valence-corrected chi connectivity index (χ3v) is 3.26. The van der Waals surface area contributed by atoms with Gasteiger partial charge in [-0.05, 0) is 19.9 Å². The molecule has 0 bridgehead atoms. The van der Waals surface area contributed by atoms with E-state index in [4.69, 9.17) is 19.3 Å². The fourth-order valence-electron chi connectivity index (χ4n) is 2.24. The Hall–Kier alpha value is -1.32. The maximum Gasteiger partial charge on any atom is 0.317 e. The molecule has 1 aliphatic heterocycles. The monoisotopic (exact) mass is 300 g/mol. The molecule has 1 fully saturated rings. The van der Waals surface area contributed by atoms with E-state index in [1.807, 2.05) is 0 Å². The van der Waals surface area contributed by atoms with Crippen LogP contribution < -0.4 is 4.74 Å². The zero-order valence-corrected chi connectivity index (χ0v) is 12.1. The average Bonchev–Trinajstić information content (AvgIpc) is 2.43. The average molecular weight is 300 g/mol. The second-order valence-electron chi connectivity index (χ2n) is 4.96. The highest BCUT2D eigenvalue weighted by atomic mass is 16.7. The number of hydrogen-bond donors (Lipinski definition) is 3. The number of ether oxygens (including phenoxy) is 3. The first kappa shape index (κ1) is 16.1. The Kier molecular flexibility index (Phi) is 5.07. The highest BCUT2D eigenvalue weighted by Gasteiger charge is 2.46. The normalized spacial score (nSPS) is 33.0. The second kappa shape index (κ2) is 6.63. The molecule has 0 aliphatic carbocycles. The van der Waals surface area contributed by atoms with Crippen molar-refractivity contribution in [3.8, 4) is 6.01 Å². The van der Waals surface area contributed by atoms with E-state index >= 15 is 0 Å². The quantitative estimate of drug-likeness (QED) is 0.644. The van der Waals surface area contributed by atoms with Crippen LogP contribution in [0.2, 0.25) is 0 Å². The molecule has 5 atom stereocenters. The molecule has 1 saturated heterocycles. The summed E-state index contributed by atoms with van der Waals surface area (Å²) in [4.78, 5) is 8.22. The third kappa shape index (κ3) is 3.47. The van der Waals surface area contributed by atoms with E-state index in [9.17, 15) is 10.2 Å². The molecule has 1 aliphatic rings. The van der Waals surface area contributed by atoms with Crippen LogP contribution in [0.25, 0.3) is 0 Å². The van der Waals surface area contributed by atoms with Crippen molar-refractivity contribution in [3.05, 3.63) is 17.5 Å². The van der Waals surface area contributed by atoms with Crippen molar-refractivity contribution in [3.63, 3.8) is 0 Å². The van der Waals surface area contributed by atoms with E-state index in [1.165, 1.54) is 7.11 Å². The Balaban J connectivity index is 2.19. The molecule has 8 heteroatoms. The van der Waals surface area contributed by atoms with Crippen LogP contribution in [0.3, 0.4) is 0 Å². The van der Waals surface area contributed by atoms with Gasteiger partial charge in [-0.2, -0.15) is 0 Å². The summed E-state index contributed by atoms with van der Waals surface area (Å²) in [6, 6.07) is 1.85. The number of aliphatic hydroxyl groups excluding tert-OH is 3. The summed E-state index contributed by atoms with van der Waals surface area (Å²) in [6.07, 6.45) is -5.49. The Morgan fingerprint density at radius 2 is 1.81 bits per heavy atom. The Morgan fingerprint density at radius 1 is 1.19 bits per heavy atom. The van der Waals surface area contributed by atoms with Gasteiger partial charge in [0, 0.05) is 18.5 Å². The van der Waals surface area contributed by atoms with Crippen LogP contribution >= 0.6 is 0 Å². The number of nitrogens with zero attached hydrogens (tertiary/aromatic N) is 2. The molecule has 0 spiro atoms. The fourth-order valence-corrected chi connectivity index (χ4v) is 2.24. The number of aryl methyl sites for hydroxylation is 2. The van der Waals surface area contributed by atoms with Gasteiger partial charge < -0.3 is 29.5 Å². The third-order valence-electron chi connectivity index (χ3n) is 3.26. The summed E-state index contributed by atoms with van der Waals surface area (Å²) >= 11 is 0. The highest BCUT2D eigenvalue weighted by molar-refractivity contribution is 5.11. The summed E-state index contributed by atoms with van der Waals surface area (Å²) in [5.74, 6) is 0. The van der Waals surface area contributed by atoms with Gasteiger partial charge in [-0.25, -0.2) is 9.97 Å². The van der Waals surface area contributed by atoms with Gasteiger partial charge in [0.05, 0.1) is 6.61 Å². The topological polar surface area (TPSA) is 114 Å². The van der Waals surface area contributed by atoms with E-state index in [0.717, 1.165) is 0 Å². The minimum atomic E-state index is -1.30. The molecule has 0 saturated carbocycles. The van der Waals surface area contributed by atoms with E-state index in [2.05, 4.69) is 9.97 Å². The summed E-state index contributed by atoms with van der Waals surface area (Å²) in [7, 11) is 1.38. The molecule has 1 aromatic rings. The molecule has 0 aromatic carbocycles. The van der Waals surface area contributed by atoms with Crippen molar-refractivity contribution in [1.29, 1.82) is 0 Å². The maximum atomic E-state index is 10.1. The Morgan fingerprint density at radius 3 is 2.33 bits per heavy atom. The van der Waals surface area contributed by atoms with Crippen molar-refractivity contribution in [1.82, 2.24) is 9.97 Å². The first-order valence-electron chi connectivity index (χ1n) is 6.60. The van der Waals surface area contributed by atoms with Gasteiger partial charge in [0.2, 0.25) is 0 Å². The van der Waals surface area contributed by atoms with Crippen molar-refractivity contribution < 1.29 is 29.5 Å². The van der Waals surface area contributed by atoms with Gasteiger partial charge in [-0.15, -0.1) is 0 Å². The Labute approximate surface area is 122 Å². The van der Waals surface area contributed by atoms with Crippen molar-refractivity contribution in [2.24, 2.45) is 0 Å². The lowest BCUT2D eigenvalue weighted by molar-refractivity contribution is -0.289. The largest absolute Gasteiger partial charge is 0.452 e. The molecule has 118 valence electrons. The van der Waals surface area contributed by atoms with Crippen LogP contribution in [-0.2, 0) is 9.47 Å². The molecule has 2 rings (SSSR count). The van der Waals surface area contributed by atoms with E-state index < -0.39 is 37.3 Å². The molecule has 8 nitrogen and oxygen atoms in total. The molecule has 0 amide bonds. The van der Waals surface area contributed by atoms with Gasteiger partial charge in [-0.1, -0.05) is 0 Å². The van der Waals surface area contributed by atoms with Crippen molar-refractivity contribution in [2.75, 3.05) is 13.7 Å². The van der Waals surface area contributed by atoms with Crippen molar-refractivity contribution in [2.45, 2.75) is 44.6 Å². The van der Waals surface area contributed by atoms with E-state index in [1.54, 1.807) is 19.9 Å². The van der Waals surface area contributed by atoms with Crippen LogP contribution in [0.4, 0.5) is 0 Å². The predicted molar refractivity (Wildman–Crippen MR) is 70.7 cm³/mol. The first-order chi connectivity index (χ1) is 9.96.